The number of amides is 3. The molecule has 0 aliphatic carbocycles. The highest BCUT2D eigenvalue weighted by Gasteiger charge is 2.42. The van der Waals surface area contributed by atoms with Crippen molar-refractivity contribution in [2.75, 3.05) is 5.75 Å². The average Bonchev–Trinajstić information content (AvgIpc) is 2.87. The molecule has 0 radical (unpaired) electrons. The van der Waals surface area contributed by atoms with Crippen LogP contribution >= 0.6 is 11.8 Å². The van der Waals surface area contributed by atoms with Crippen molar-refractivity contribution in [3.8, 4) is 0 Å². The molecule has 8 heteroatoms. The van der Waals surface area contributed by atoms with Crippen molar-refractivity contribution in [2.45, 2.75) is 49.6 Å². The van der Waals surface area contributed by atoms with Gasteiger partial charge in [0.1, 0.15) is 6.04 Å². The molecular weight excluding hydrogens is 282 g/mol. The minimum atomic E-state index is -1.01. The van der Waals surface area contributed by atoms with Crippen LogP contribution in [0.4, 0.5) is 4.79 Å². The number of carboxylic acids is 1. The summed E-state index contributed by atoms with van der Waals surface area (Å²) in [6.07, 6.45) is 1.94. The molecule has 2 aliphatic heterocycles. The largest absolute Gasteiger partial charge is 0.480 e. The third-order valence-corrected chi connectivity index (χ3v) is 5.10. The molecule has 20 heavy (non-hydrogen) atoms. The second-order valence-electron chi connectivity index (χ2n) is 5.14. The molecule has 7 nitrogen and oxygen atoms in total. The Morgan fingerprint density at radius 3 is 2.90 bits per heavy atom. The van der Waals surface area contributed by atoms with Crippen LogP contribution in [0.2, 0.25) is 0 Å². The summed E-state index contributed by atoms with van der Waals surface area (Å²) in [6.45, 7) is 1.31. The van der Waals surface area contributed by atoms with Crippen molar-refractivity contribution in [3.05, 3.63) is 0 Å². The fourth-order valence-electron chi connectivity index (χ4n) is 2.67. The molecule has 0 saturated carbocycles. The van der Waals surface area contributed by atoms with Crippen molar-refractivity contribution in [1.82, 2.24) is 16.0 Å². The molecule has 4 N–H and O–H groups in total. The van der Waals surface area contributed by atoms with Crippen molar-refractivity contribution in [1.29, 1.82) is 0 Å². The lowest BCUT2D eigenvalue weighted by atomic mass is 10.0. The van der Waals surface area contributed by atoms with Crippen LogP contribution < -0.4 is 16.0 Å². The number of rotatable bonds is 6. The van der Waals surface area contributed by atoms with Crippen LogP contribution in [0.1, 0.15) is 26.2 Å². The highest BCUT2D eigenvalue weighted by Crippen LogP contribution is 2.33. The summed E-state index contributed by atoms with van der Waals surface area (Å²) in [5.74, 6) is -0.449. The molecule has 1 unspecified atom stereocenters. The van der Waals surface area contributed by atoms with Gasteiger partial charge < -0.3 is 21.1 Å². The Hall–Kier alpha value is -1.44. The Kier molecular flexibility index (Phi) is 4.74. The van der Waals surface area contributed by atoms with E-state index in [-0.39, 0.29) is 24.0 Å². The van der Waals surface area contributed by atoms with Crippen molar-refractivity contribution in [3.63, 3.8) is 0 Å². The molecule has 112 valence electrons. The van der Waals surface area contributed by atoms with E-state index in [0.29, 0.717) is 18.1 Å². The van der Waals surface area contributed by atoms with Crippen molar-refractivity contribution in [2.24, 2.45) is 0 Å². The van der Waals surface area contributed by atoms with Gasteiger partial charge in [0.2, 0.25) is 5.91 Å². The number of urea groups is 1. The second kappa shape index (κ2) is 6.34. The van der Waals surface area contributed by atoms with Gasteiger partial charge in [-0.3, -0.25) is 4.79 Å². The Balaban J connectivity index is 1.76. The van der Waals surface area contributed by atoms with Gasteiger partial charge in [-0.15, -0.1) is 0 Å². The normalized spacial score (nSPS) is 29.2. The van der Waals surface area contributed by atoms with Gasteiger partial charge in [-0.05, 0) is 19.3 Å². The summed E-state index contributed by atoms with van der Waals surface area (Å²) < 4.78 is 0. The van der Waals surface area contributed by atoms with Crippen molar-refractivity contribution < 1.29 is 19.5 Å². The molecule has 0 aromatic heterocycles. The van der Waals surface area contributed by atoms with Crippen LogP contribution in [0.15, 0.2) is 0 Å². The number of thioether (sulfide) groups is 1. The molecule has 2 rings (SSSR count). The summed E-state index contributed by atoms with van der Waals surface area (Å²) >= 11 is 1.80. The van der Waals surface area contributed by atoms with E-state index in [0.717, 1.165) is 12.2 Å². The van der Waals surface area contributed by atoms with E-state index in [1.165, 1.54) is 6.92 Å². The van der Waals surface area contributed by atoms with Gasteiger partial charge in [0.15, 0.2) is 0 Å². The standard InChI is InChI=1S/C12H19N3O4S/c1-6(16)13-7(11(17)18)3-2-4-9-10-8(5-20-9)14-12(19)15-10/h7-10H,2-5H2,1H3,(H,13,16)(H,17,18)(H2,14,15,19)/t7?,8-,9-,10-/m0/s1. The average molecular weight is 301 g/mol. The van der Waals surface area contributed by atoms with Gasteiger partial charge >= 0.3 is 12.0 Å². The highest BCUT2D eigenvalue weighted by atomic mass is 32.2. The summed E-state index contributed by atoms with van der Waals surface area (Å²) in [5.41, 5.74) is 0. The van der Waals surface area contributed by atoms with Crippen LogP contribution in [-0.4, -0.2) is 52.1 Å². The third-order valence-electron chi connectivity index (χ3n) is 3.60. The zero-order valence-electron chi connectivity index (χ0n) is 11.2. The Bertz CT molecular complexity index is 418. The molecule has 4 atom stereocenters. The Labute approximate surface area is 121 Å². The summed E-state index contributed by atoms with van der Waals surface area (Å²) in [6, 6.07) is -0.627. The maximum absolute atomic E-state index is 11.2. The maximum Gasteiger partial charge on any atom is 0.326 e. The van der Waals surface area contributed by atoms with Gasteiger partial charge in [-0.25, -0.2) is 9.59 Å². The van der Waals surface area contributed by atoms with Gasteiger partial charge in [0.25, 0.3) is 0 Å². The quantitative estimate of drug-likeness (QED) is 0.513. The first-order valence-electron chi connectivity index (χ1n) is 6.66. The predicted octanol–water partition coefficient (Wildman–Crippen LogP) is -0.0886. The fraction of sp³-hybridized carbons (Fsp3) is 0.750. The molecule has 2 fully saturated rings. The zero-order valence-corrected chi connectivity index (χ0v) is 12.0. The lowest BCUT2D eigenvalue weighted by Gasteiger charge is -2.18. The van der Waals surface area contributed by atoms with Gasteiger partial charge in [-0.1, -0.05) is 0 Å². The number of carbonyl (C=O) groups excluding carboxylic acids is 2. The monoisotopic (exact) mass is 301 g/mol. The molecular formula is C12H19N3O4S. The number of carbonyl (C=O) groups is 3. The van der Waals surface area contributed by atoms with E-state index in [4.69, 9.17) is 5.11 Å². The van der Waals surface area contributed by atoms with E-state index in [1.807, 2.05) is 0 Å². The van der Waals surface area contributed by atoms with Gasteiger partial charge in [0.05, 0.1) is 12.1 Å². The zero-order chi connectivity index (χ0) is 14.7. The molecule has 0 aromatic carbocycles. The number of carboxylic acid groups (broad SMARTS) is 1. The topological polar surface area (TPSA) is 108 Å². The number of hydrogen-bond acceptors (Lipinski definition) is 4. The number of hydrogen-bond donors (Lipinski definition) is 4. The Morgan fingerprint density at radius 2 is 2.25 bits per heavy atom. The van der Waals surface area contributed by atoms with E-state index in [9.17, 15) is 14.4 Å². The minimum Gasteiger partial charge on any atom is -0.480 e. The predicted molar refractivity (Wildman–Crippen MR) is 74.6 cm³/mol. The molecule has 2 saturated heterocycles. The van der Waals surface area contributed by atoms with Crippen LogP contribution in [0.5, 0.6) is 0 Å². The maximum atomic E-state index is 11.2. The van der Waals surface area contributed by atoms with Crippen LogP contribution in [0.3, 0.4) is 0 Å². The number of fused-ring (bicyclic) bond motifs is 1. The molecule has 0 aromatic rings. The first-order valence-corrected chi connectivity index (χ1v) is 7.71. The molecule has 0 spiro atoms. The van der Waals surface area contributed by atoms with Gasteiger partial charge in [-0.2, -0.15) is 11.8 Å². The molecule has 3 amide bonds. The fourth-order valence-corrected chi connectivity index (χ4v) is 4.21. The lowest BCUT2D eigenvalue weighted by molar-refractivity contribution is -0.141. The number of nitrogens with one attached hydrogen (secondary N) is 3. The first-order chi connectivity index (χ1) is 9.47. The highest BCUT2D eigenvalue weighted by molar-refractivity contribution is 8.00. The van der Waals surface area contributed by atoms with Crippen molar-refractivity contribution >= 4 is 29.7 Å². The molecule has 2 heterocycles. The summed E-state index contributed by atoms with van der Waals surface area (Å²) in [5, 5.41) is 17.5. The minimum absolute atomic E-state index is 0.119. The van der Waals surface area contributed by atoms with E-state index in [2.05, 4.69) is 16.0 Å². The third kappa shape index (κ3) is 3.56. The van der Waals surface area contributed by atoms with Crippen LogP contribution in [0.25, 0.3) is 0 Å². The summed E-state index contributed by atoms with van der Waals surface area (Å²) in [4.78, 5) is 33.2. The Morgan fingerprint density at radius 1 is 1.50 bits per heavy atom. The first kappa shape index (κ1) is 15.0. The second-order valence-corrected chi connectivity index (χ2v) is 6.42. The molecule has 0 bridgehead atoms. The smallest absolute Gasteiger partial charge is 0.326 e. The van der Waals surface area contributed by atoms with E-state index in [1.54, 1.807) is 11.8 Å². The molecule has 2 aliphatic rings. The van der Waals surface area contributed by atoms with E-state index >= 15 is 0 Å². The summed E-state index contributed by atoms with van der Waals surface area (Å²) in [7, 11) is 0. The SMILES string of the molecule is CC(=O)NC(CCC[C@@H]1SC[C@@H]2NC(=O)N[C@@H]21)C(=O)O. The van der Waals surface area contributed by atoms with Gasteiger partial charge in [0, 0.05) is 17.9 Å². The lowest BCUT2D eigenvalue weighted by Crippen LogP contribution is -2.40. The van der Waals surface area contributed by atoms with Crippen LogP contribution in [-0.2, 0) is 9.59 Å². The van der Waals surface area contributed by atoms with Crippen LogP contribution in [0, 0.1) is 0 Å². The van der Waals surface area contributed by atoms with E-state index < -0.39 is 12.0 Å². The number of aliphatic carboxylic acids is 1.